The molecule has 3 nitrogen and oxygen atoms in total. The zero-order valence-electron chi connectivity index (χ0n) is 12.4. The molecule has 0 spiro atoms. The molecule has 0 aliphatic heterocycles. The Morgan fingerprint density at radius 2 is 2.10 bits per heavy atom. The first kappa shape index (κ1) is 14.8. The normalized spacial score (nSPS) is 12.6. The number of nitrogens with zero attached hydrogens (tertiary/aromatic N) is 1. The number of nitrogens with one attached hydrogen (secondary N) is 1. The molecule has 0 radical (unpaired) electrons. The molecule has 0 amide bonds. The number of hydrogen-bond donors (Lipinski definition) is 2. The molecule has 2 rings (SSSR count). The molecule has 3 heteroatoms. The van der Waals surface area contributed by atoms with Gasteiger partial charge in [-0.1, -0.05) is 31.5 Å². The summed E-state index contributed by atoms with van der Waals surface area (Å²) in [5.41, 5.74) is 3.40. The molecule has 0 aliphatic carbocycles. The molecule has 1 heterocycles. The first-order chi connectivity index (χ1) is 9.76. The SMILES string of the molecule is CCCC(CCO)CNc1ccnc2c(C)cccc12. The van der Waals surface area contributed by atoms with Gasteiger partial charge in [0.05, 0.1) is 5.52 Å². The standard InChI is InChI=1S/C17H24N2O/c1-3-5-14(9-11-20)12-19-16-8-10-18-17-13(2)6-4-7-15(16)17/h4,6-8,10,14,20H,3,5,9,11-12H2,1-2H3,(H,18,19). The maximum atomic E-state index is 9.13. The van der Waals surface area contributed by atoms with Crippen LogP contribution in [0.25, 0.3) is 10.9 Å². The van der Waals surface area contributed by atoms with Gasteiger partial charge >= 0.3 is 0 Å². The third-order valence-corrected chi connectivity index (χ3v) is 3.79. The average molecular weight is 272 g/mol. The number of aryl methyl sites for hydroxylation is 1. The van der Waals surface area contributed by atoms with E-state index in [4.69, 9.17) is 5.11 Å². The van der Waals surface area contributed by atoms with Gasteiger partial charge in [0.1, 0.15) is 0 Å². The zero-order valence-corrected chi connectivity index (χ0v) is 12.4. The first-order valence-electron chi connectivity index (χ1n) is 7.45. The minimum Gasteiger partial charge on any atom is -0.396 e. The van der Waals surface area contributed by atoms with Crippen molar-refractivity contribution in [2.45, 2.75) is 33.1 Å². The van der Waals surface area contributed by atoms with Crippen molar-refractivity contribution in [3.05, 3.63) is 36.0 Å². The van der Waals surface area contributed by atoms with E-state index >= 15 is 0 Å². The highest BCUT2D eigenvalue weighted by atomic mass is 16.3. The van der Waals surface area contributed by atoms with E-state index in [1.165, 1.54) is 10.9 Å². The second-order valence-corrected chi connectivity index (χ2v) is 5.38. The van der Waals surface area contributed by atoms with Crippen LogP contribution in [-0.2, 0) is 0 Å². The molecular weight excluding hydrogens is 248 g/mol. The van der Waals surface area contributed by atoms with Crippen molar-refractivity contribution in [2.24, 2.45) is 5.92 Å². The summed E-state index contributed by atoms with van der Waals surface area (Å²) >= 11 is 0. The van der Waals surface area contributed by atoms with Crippen LogP contribution >= 0.6 is 0 Å². The topological polar surface area (TPSA) is 45.1 Å². The van der Waals surface area contributed by atoms with E-state index in [0.29, 0.717) is 5.92 Å². The Kier molecular flexibility index (Phi) is 5.36. The van der Waals surface area contributed by atoms with Crippen molar-refractivity contribution in [3.8, 4) is 0 Å². The van der Waals surface area contributed by atoms with Gasteiger partial charge in [0.15, 0.2) is 0 Å². The molecule has 0 fully saturated rings. The van der Waals surface area contributed by atoms with Crippen LogP contribution in [0, 0.1) is 12.8 Å². The Hall–Kier alpha value is -1.61. The number of aliphatic hydroxyl groups is 1. The van der Waals surface area contributed by atoms with Crippen LogP contribution in [0.3, 0.4) is 0 Å². The van der Waals surface area contributed by atoms with Gasteiger partial charge in [-0.05, 0) is 37.3 Å². The molecular formula is C17H24N2O. The second kappa shape index (κ2) is 7.25. The number of aromatic nitrogens is 1. The van der Waals surface area contributed by atoms with E-state index in [1.807, 2.05) is 12.3 Å². The zero-order chi connectivity index (χ0) is 14.4. The Labute approximate surface area is 121 Å². The highest BCUT2D eigenvalue weighted by Gasteiger charge is 2.09. The molecule has 0 saturated heterocycles. The molecule has 1 aromatic heterocycles. The smallest absolute Gasteiger partial charge is 0.0751 e. The van der Waals surface area contributed by atoms with Crippen molar-refractivity contribution >= 4 is 16.6 Å². The minimum absolute atomic E-state index is 0.266. The van der Waals surface area contributed by atoms with E-state index in [9.17, 15) is 0 Å². The summed E-state index contributed by atoms with van der Waals surface area (Å²) in [7, 11) is 0. The summed E-state index contributed by atoms with van der Waals surface area (Å²) < 4.78 is 0. The first-order valence-corrected chi connectivity index (χ1v) is 7.45. The van der Waals surface area contributed by atoms with Gasteiger partial charge < -0.3 is 10.4 Å². The molecule has 0 bridgehead atoms. The maximum absolute atomic E-state index is 9.13. The molecule has 2 aromatic rings. The van der Waals surface area contributed by atoms with Gasteiger partial charge in [-0.2, -0.15) is 0 Å². The van der Waals surface area contributed by atoms with Crippen LogP contribution in [0.1, 0.15) is 31.7 Å². The highest BCUT2D eigenvalue weighted by Crippen LogP contribution is 2.24. The lowest BCUT2D eigenvalue weighted by Gasteiger charge is -2.17. The third-order valence-electron chi connectivity index (χ3n) is 3.79. The summed E-state index contributed by atoms with van der Waals surface area (Å²) in [5.74, 6) is 0.526. The summed E-state index contributed by atoms with van der Waals surface area (Å²) in [6, 6.07) is 8.30. The van der Waals surface area contributed by atoms with E-state index in [2.05, 4.69) is 42.3 Å². The summed E-state index contributed by atoms with van der Waals surface area (Å²) in [4.78, 5) is 4.46. The summed E-state index contributed by atoms with van der Waals surface area (Å²) in [6.07, 6.45) is 5.03. The summed E-state index contributed by atoms with van der Waals surface area (Å²) in [6.45, 7) is 5.45. The predicted octanol–water partition coefficient (Wildman–Crippen LogP) is 3.75. The molecule has 1 aromatic carbocycles. The largest absolute Gasteiger partial charge is 0.396 e. The van der Waals surface area contributed by atoms with Gasteiger partial charge in [-0.25, -0.2) is 0 Å². The number of pyridine rings is 1. The van der Waals surface area contributed by atoms with Crippen LogP contribution in [0.15, 0.2) is 30.5 Å². The van der Waals surface area contributed by atoms with Gasteiger partial charge in [0.25, 0.3) is 0 Å². The molecule has 20 heavy (non-hydrogen) atoms. The van der Waals surface area contributed by atoms with Crippen molar-refractivity contribution in [3.63, 3.8) is 0 Å². The number of hydrogen-bond acceptors (Lipinski definition) is 3. The highest BCUT2D eigenvalue weighted by molar-refractivity contribution is 5.92. The van der Waals surface area contributed by atoms with Crippen LogP contribution in [0.4, 0.5) is 5.69 Å². The van der Waals surface area contributed by atoms with E-state index in [0.717, 1.165) is 37.0 Å². The Morgan fingerprint density at radius 1 is 1.25 bits per heavy atom. The van der Waals surface area contributed by atoms with E-state index in [1.54, 1.807) is 0 Å². The molecule has 0 saturated carbocycles. The number of anilines is 1. The van der Waals surface area contributed by atoms with E-state index in [-0.39, 0.29) is 6.61 Å². The quantitative estimate of drug-likeness (QED) is 0.806. The van der Waals surface area contributed by atoms with Crippen molar-refractivity contribution in [2.75, 3.05) is 18.5 Å². The van der Waals surface area contributed by atoms with E-state index < -0.39 is 0 Å². The summed E-state index contributed by atoms with van der Waals surface area (Å²) in [5, 5.41) is 13.8. The lowest BCUT2D eigenvalue weighted by atomic mass is 10.00. The Bertz CT molecular complexity index is 548. The molecule has 0 aliphatic rings. The fourth-order valence-electron chi connectivity index (χ4n) is 2.67. The predicted molar refractivity (Wildman–Crippen MR) is 85.1 cm³/mol. The van der Waals surface area contributed by atoms with Gasteiger partial charge in [0.2, 0.25) is 0 Å². The number of aliphatic hydroxyl groups excluding tert-OH is 1. The molecule has 1 unspecified atom stereocenters. The van der Waals surface area contributed by atoms with Crippen LogP contribution in [0.5, 0.6) is 0 Å². The number of fused-ring (bicyclic) bond motifs is 1. The second-order valence-electron chi connectivity index (χ2n) is 5.38. The third kappa shape index (κ3) is 3.48. The molecule has 2 N–H and O–H groups in total. The number of rotatable bonds is 7. The fourth-order valence-corrected chi connectivity index (χ4v) is 2.67. The monoisotopic (exact) mass is 272 g/mol. The number of benzene rings is 1. The van der Waals surface area contributed by atoms with Crippen LogP contribution in [-0.4, -0.2) is 23.2 Å². The Balaban J connectivity index is 2.15. The molecule has 108 valence electrons. The number of para-hydroxylation sites is 1. The van der Waals surface area contributed by atoms with Crippen molar-refractivity contribution < 1.29 is 5.11 Å². The molecule has 1 atom stereocenters. The van der Waals surface area contributed by atoms with Crippen molar-refractivity contribution in [1.29, 1.82) is 0 Å². The lowest BCUT2D eigenvalue weighted by Crippen LogP contribution is -2.16. The fraction of sp³-hybridized carbons (Fsp3) is 0.471. The maximum Gasteiger partial charge on any atom is 0.0751 e. The minimum atomic E-state index is 0.266. The van der Waals surface area contributed by atoms with Crippen LogP contribution in [0.2, 0.25) is 0 Å². The lowest BCUT2D eigenvalue weighted by molar-refractivity contribution is 0.255. The van der Waals surface area contributed by atoms with Gasteiger partial charge in [-0.15, -0.1) is 0 Å². The van der Waals surface area contributed by atoms with Gasteiger partial charge in [0, 0.05) is 30.4 Å². The van der Waals surface area contributed by atoms with Crippen molar-refractivity contribution in [1.82, 2.24) is 4.98 Å². The van der Waals surface area contributed by atoms with Gasteiger partial charge in [-0.3, -0.25) is 4.98 Å². The average Bonchev–Trinajstić information content (AvgIpc) is 2.46. The van der Waals surface area contributed by atoms with Crippen LogP contribution < -0.4 is 5.32 Å². The Morgan fingerprint density at radius 3 is 2.85 bits per heavy atom.